The number of hydrogen-bond acceptors (Lipinski definition) is 4. The lowest BCUT2D eigenvalue weighted by Crippen LogP contribution is -2.11. The lowest BCUT2D eigenvalue weighted by Gasteiger charge is -2.10. The van der Waals surface area contributed by atoms with Crippen LogP contribution in [0.3, 0.4) is 0 Å². The van der Waals surface area contributed by atoms with E-state index < -0.39 is 29.4 Å². The van der Waals surface area contributed by atoms with Crippen LogP contribution in [-0.4, -0.2) is 17.8 Å². The average Bonchev–Trinajstić information content (AvgIpc) is 2.91. The zero-order chi connectivity index (χ0) is 18.2. The molecule has 0 radical (unpaired) electrons. The molecule has 1 aliphatic rings. The van der Waals surface area contributed by atoms with Crippen molar-refractivity contribution in [1.82, 2.24) is 10.3 Å². The fourth-order valence-electron chi connectivity index (χ4n) is 2.58. The van der Waals surface area contributed by atoms with Gasteiger partial charge in [-0.25, -0.2) is 4.39 Å². The Hall–Kier alpha value is -2.90. The maximum Gasteiger partial charge on any atom is 0.419 e. The summed E-state index contributed by atoms with van der Waals surface area (Å²) in [6.07, 6.45) is -2.82. The number of Topliss-reactive ketones (excluding diaryl/α,β-unsaturated/α-hetero) is 1. The van der Waals surface area contributed by atoms with Crippen molar-refractivity contribution in [3.8, 4) is 0 Å². The number of carbonyl (C=O) groups excluding carboxylic acids is 1. The minimum absolute atomic E-state index is 0.00578. The lowest BCUT2D eigenvalue weighted by atomic mass is 9.96. The van der Waals surface area contributed by atoms with Gasteiger partial charge in [-0.3, -0.25) is 9.78 Å². The van der Waals surface area contributed by atoms with Crippen molar-refractivity contribution < 1.29 is 27.1 Å². The first-order valence-electron chi connectivity index (χ1n) is 7.23. The van der Waals surface area contributed by atoms with Gasteiger partial charge < -0.3 is 10.1 Å². The van der Waals surface area contributed by atoms with Gasteiger partial charge in [0.1, 0.15) is 5.82 Å². The molecule has 0 saturated heterocycles. The van der Waals surface area contributed by atoms with E-state index in [1.54, 1.807) is 12.1 Å². The third kappa shape index (κ3) is 3.07. The number of carbonyl (C=O) groups is 1. The summed E-state index contributed by atoms with van der Waals surface area (Å²) < 4.78 is 57.5. The van der Waals surface area contributed by atoms with Crippen LogP contribution in [0, 0.1) is 5.82 Å². The standard InChI is InChI=1S/C17H12F4N2O2/c1-22-16-13(9-4-5-11(12(18)7-9)17(19,20)21)14(24)15(25-16)10-3-2-6-23-8-10/h2-8,15,22H,1H3. The summed E-state index contributed by atoms with van der Waals surface area (Å²) in [5.41, 5.74) is -0.907. The van der Waals surface area contributed by atoms with Gasteiger partial charge in [-0.15, -0.1) is 0 Å². The highest BCUT2D eigenvalue weighted by Crippen LogP contribution is 2.38. The third-order valence-corrected chi connectivity index (χ3v) is 3.72. The van der Waals surface area contributed by atoms with Gasteiger partial charge in [-0.2, -0.15) is 13.2 Å². The van der Waals surface area contributed by atoms with Crippen LogP contribution in [0.15, 0.2) is 48.6 Å². The van der Waals surface area contributed by atoms with E-state index in [0.29, 0.717) is 17.7 Å². The van der Waals surface area contributed by atoms with Gasteiger partial charge in [0.25, 0.3) is 0 Å². The second kappa shape index (κ2) is 6.19. The maximum absolute atomic E-state index is 13.9. The molecule has 2 heterocycles. The Labute approximate surface area is 140 Å². The van der Waals surface area contributed by atoms with Crippen molar-refractivity contribution in [3.63, 3.8) is 0 Å². The minimum Gasteiger partial charge on any atom is -0.462 e. The highest BCUT2D eigenvalue weighted by molar-refractivity contribution is 6.25. The molecule has 4 nitrogen and oxygen atoms in total. The van der Waals surface area contributed by atoms with Gasteiger partial charge in [-0.05, 0) is 23.8 Å². The Morgan fingerprint density at radius 1 is 1.24 bits per heavy atom. The summed E-state index contributed by atoms with van der Waals surface area (Å²) in [5, 5.41) is 2.68. The van der Waals surface area contributed by atoms with Crippen LogP contribution in [0.25, 0.3) is 5.57 Å². The molecule has 25 heavy (non-hydrogen) atoms. The predicted octanol–water partition coefficient (Wildman–Crippen LogP) is 3.47. The number of pyridine rings is 1. The summed E-state index contributed by atoms with van der Waals surface area (Å²) in [4.78, 5) is 16.6. The van der Waals surface area contributed by atoms with Gasteiger partial charge in [-0.1, -0.05) is 12.1 Å². The Morgan fingerprint density at radius 3 is 2.56 bits per heavy atom. The van der Waals surface area contributed by atoms with Crippen LogP contribution < -0.4 is 5.32 Å². The molecule has 1 atom stereocenters. The van der Waals surface area contributed by atoms with Gasteiger partial charge in [0.15, 0.2) is 12.0 Å². The van der Waals surface area contributed by atoms with E-state index in [2.05, 4.69) is 10.3 Å². The van der Waals surface area contributed by atoms with E-state index in [1.165, 1.54) is 19.4 Å². The second-order valence-electron chi connectivity index (χ2n) is 5.30. The number of ketones is 1. The van der Waals surface area contributed by atoms with Crippen molar-refractivity contribution in [2.24, 2.45) is 0 Å². The summed E-state index contributed by atoms with van der Waals surface area (Å²) >= 11 is 0. The zero-order valence-electron chi connectivity index (χ0n) is 12.9. The van der Waals surface area contributed by atoms with E-state index in [1.807, 2.05) is 0 Å². The van der Waals surface area contributed by atoms with Crippen LogP contribution in [0.1, 0.15) is 22.8 Å². The molecule has 130 valence electrons. The summed E-state index contributed by atoms with van der Waals surface area (Å²) in [6, 6.07) is 5.60. The molecule has 0 amide bonds. The molecule has 3 rings (SSSR count). The molecule has 0 spiro atoms. The number of aromatic nitrogens is 1. The van der Waals surface area contributed by atoms with Crippen molar-refractivity contribution in [3.05, 3.63) is 71.1 Å². The zero-order valence-corrected chi connectivity index (χ0v) is 12.9. The fourth-order valence-corrected chi connectivity index (χ4v) is 2.58. The summed E-state index contributed by atoms with van der Waals surface area (Å²) in [5.74, 6) is -1.87. The Bertz CT molecular complexity index is 847. The normalized spacial score (nSPS) is 17.6. The first-order chi connectivity index (χ1) is 11.8. The van der Waals surface area contributed by atoms with E-state index in [-0.39, 0.29) is 17.0 Å². The number of halogens is 4. The fraction of sp³-hybridized carbons (Fsp3) is 0.176. The van der Waals surface area contributed by atoms with Crippen LogP contribution in [0.4, 0.5) is 17.6 Å². The second-order valence-corrected chi connectivity index (χ2v) is 5.30. The molecule has 0 aliphatic carbocycles. The molecule has 0 saturated carbocycles. The quantitative estimate of drug-likeness (QED) is 0.860. The Balaban J connectivity index is 2.01. The lowest BCUT2D eigenvalue weighted by molar-refractivity contribution is -0.140. The molecule has 1 unspecified atom stereocenters. The van der Waals surface area contributed by atoms with Crippen molar-refractivity contribution >= 4 is 11.4 Å². The van der Waals surface area contributed by atoms with Gasteiger partial charge >= 0.3 is 6.18 Å². The first kappa shape index (κ1) is 16.9. The minimum atomic E-state index is -4.81. The van der Waals surface area contributed by atoms with Crippen molar-refractivity contribution in [2.45, 2.75) is 12.3 Å². The van der Waals surface area contributed by atoms with Gasteiger partial charge in [0.2, 0.25) is 5.78 Å². The highest BCUT2D eigenvalue weighted by atomic mass is 19.4. The molecule has 0 bridgehead atoms. The smallest absolute Gasteiger partial charge is 0.419 e. The van der Waals surface area contributed by atoms with Crippen LogP contribution in [-0.2, 0) is 15.7 Å². The van der Waals surface area contributed by atoms with Crippen LogP contribution in [0.5, 0.6) is 0 Å². The van der Waals surface area contributed by atoms with E-state index >= 15 is 0 Å². The maximum atomic E-state index is 13.9. The van der Waals surface area contributed by atoms with E-state index in [4.69, 9.17) is 4.74 Å². The topological polar surface area (TPSA) is 51.2 Å². The molecular formula is C17H12F4N2O2. The molecule has 1 aromatic heterocycles. The predicted molar refractivity (Wildman–Crippen MR) is 80.5 cm³/mol. The molecule has 1 N–H and O–H groups in total. The molecule has 1 aromatic carbocycles. The summed E-state index contributed by atoms with van der Waals surface area (Å²) in [7, 11) is 1.49. The first-order valence-corrected chi connectivity index (χ1v) is 7.23. The number of ether oxygens (including phenoxy) is 1. The number of rotatable bonds is 3. The number of alkyl halides is 3. The Kier molecular flexibility index (Phi) is 4.20. The summed E-state index contributed by atoms with van der Waals surface area (Å²) in [6.45, 7) is 0. The largest absolute Gasteiger partial charge is 0.462 e. The SMILES string of the molecule is CNC1=C(c2ccc(C(F)(F)F)c(F)c2)C(=O)C(c2cccnc2)O1. The third-order valence-electron chi connectivity index (χ3n) is 3.72. The van der Waals surface area contributed by atoms with Gasteiger partial charge in [0.05, 0.1) is 11.1 Å². The van der Waals surface area contributed by atoms with Crippen LogP contribution in [0.2, 0.25) is 0 Å². The number of hydrogen-bond donors (Lipinski definition) is 1. The molecular weight excluding hydrogens is 340 g/mol. The molecule has 1 aliphatic heterocycles. The van der Waals surface area contributed by atoms with Crippen molar-refractivity contribution in [2.75, 3.05) is 7.05 Å². The van der Waals surface area contributed by atoms with E-state index in [0.717, 1.165) is 6.07 Å². The molecule has 2 aromatic rings. The monoisotopic (exact) mass is 352 g/mol. The van der Waals surface area contributed by atoms with Crippen molar-refractivity contribution in [1.29, 1.82) is 0 Å². The number of nitrogens with zero attached hydrogens (tertiary/aromatic N) is 1. The number of nitrogens with one attached hydrogen (secondary N) is 1. The van der Waals surface area contributed by atoms with Gasteiger partial charge in [0, 0.05) is 25.0 Å². The van der Waals surface area contributed by atoms with E-state index in [9.17, 15) is 22.4 Å². The Morgan fingerprint density at radius 2 is 2.00 bits per heavy atom. The highest BCUT2D eigenvalue weighted by Gasteiger charge is 2.39. The molecule has 0 fully saturated rings. The molecule has 8 heteroatoms. The van der Waals surface area contributed by atoms with Crippen LogP contribution >= 0.6 is 0 Å². The number of benzene rings is 1. The average molecular weight is 352 g/mol.